The molecule has 0 saturated carbocycles. The Bertz CT molecular complexity index is 544. The van der Waals surface area contributed by atoms with Gasteiger partial charge in [0.25, 0.3) is 0 Å². The quantitative estimate of drug-likeness (QED) is 0.914. The SMILES string of the molecule is CNCc1ccc(COc2cc(Cl)ccc2Cl)nc1. The number of rotatable bonds is 5. The van der Waals surface area contributed by atoms with E-state index < -0.39 is 0 Å². The Balaban J connectivity index is 2.00. The van der Waals surface area contributed by atoms with Crippen molar-refractivity contribution in [1.29, 1.82) is 0 Å². The summed E-state index contributed by atoms with van der Waals surface area (Å²) in [6, 6.07) is 9.08. The van der Waals surface area contributed by atoms with Gasteiger partial charge in [-0.2, -0.15) is 0 Å². The zero-order valence-corrected chi connectivity index (χ0v) is 12.0. The van der Waals surface area contributed by atoms with Crippen molar-refractivity contribution in [2.24, 2.45) is 0 Å². The van der Waals surface area contributed by atoms with Gasteiger partial charge in [-0.05, 0) is 30.8 Å². The molecule has 1 heterocycles. The van der Waals surface area contributed by atoms with Crippen LogP contribution in [0.2, 0.25) is 10.0 Å². The molecule has 0 unspecified atom stereocenters. The van der Waals surface area contributed by atoms with Crippen molar-refractivity contribution >= 4 is 23.2 Å². The van der Waals surface area contributed by atoms with E-state index in [1.165, 1.54) is 0 Å². The average Bonchev–Trinajstić information content (AvgIpc) is 2.42. The zero-order chi connectivity index (χ0) is 13.7. The Morgan fingerprint density at radius 3 is 2.74 bits per heavy atom. The third-order valence-corrected chi connectivity index (χ3v) is 3.08. The van der Waals surface area contributed by atoms with E-state index in [1.807, 2.05) is 25.4 Å². The minimum absolute atomic E-state index is 0.361. The molecule has 1 N–H and O–H groups in total. The fourth-order valence-electron chi connectivity index (χ4n) is 1.59. The highest BCUT2D eigenvalue weighted by molar-refractivity contribution is 6.34. The Kier molecular flexibility index (Phi) is 5.02. The largest absolute Gasteiger partial charge is 0.486 e. The van der Waals surface area contributed by atoms with Crippen LogP contribution in [0.15, 0.2) is 36.5 Å². The Morgan fingerprint density at radius 1 is 1.21 bits per heavy atom. The van der Waals surface area contributed by atoms with Crippen molar-refractivity contribution in [2.45, 2.75) is 13.2 Å². The standard InChI is InChI=1S/C14H14Cl2N2O/c1-17-7-10-2-4-12(18-8-10)9-19-14-6-11(15)3-5-13(14)16/h2-6,8,17H,7,9H2,1H3. The van der Waals surface area contributed by atoms with Crippen LogP contribution in [0.25, 0.3) is 0 Å². The van der Waals surface area contributed by atoms with E-state index in [9.17, 15) is 0 Å². The van der Waals surface area contributed by atoms with E-state index in [2.05, 4.69) is 10.3 Å². The molecule has 0 saturated heterocycles. The topological polar surface area (TPSA) is 34.1 Å². The van der Waals surface area contributed by atoms with Gasteiger partial charge in [0.15, 0.2) is 0 Å². The lowest BCUT2D eigenvalue weighted by atomic mass is 10.2. The maximum absolute atomic E-state index is 6.02. The number of halogens is 2. The Hall–Kier alpha value is -1.29. The van der Waals surface area contributed by atoms with E-state index in [0.29, 0.717) is 22.4 Å². The lowest BCUT2D eigenvalue weighted by molar-refractivity contribution is 0.301. The number of hydrogen-bond donors (Lipinski definition) is 1. The fourth-order valence-corrected chi connectivity index (χ4v) is 1.92. The van der Waals surface area contributed by atoms with Crippen molar-refractivity contribution in [1.82, 2.24) is 10.3 Å². The van der Waals surface area contributed by atoms with E-state index in [0.717, 1.165) is 17.8 Å². The summed E-state index contributed by atoms with van der Waals surface area (Å²) >= 11 is 11.9. The summed E-state index contributed by atoms with van der Waals surface area (Å²) in [6.45, 7) is 1.16. The van der Waals surface area contributed by atoms with Gasteiger partial charge in [-0.3, -0.25) is 4.98 Å². The molecule has 0 aliphatic heterocycles. The first-order chi connectivity index (χ1) is 9.19. The van der Waals surface area contributed by atoms with E-state index in [4.69, 9.17) is 27.9 Å². The van der Waals surface area contributed by atoms with Gasteiger partial charge in [0.05, 0.1) is 10.7 Å². The van der Waals surface area contributed by atoms with Crippen molar-refractivity contribution < 1.29 is 4.74 Å². The molecule has 0 aliphatic carbocycles. The summed E-state index contributed by atoms with van der Waals surface area (Å²) in [4.78, 5) is 4.32. The predicted molar refractivity (Wildman–Crippen MR) is 77.8 cm³/mol. The number of nitrogens with zero attached hydrogens (tertiary/aromatic N) is 1. The van der Waals surface area contributed by atoms with Crippen molar-refractivity contribution in [3.05, 3.63) is 57.8 Å². The monoisotopic (exact) mass is 296 g/mol. The molecule has 0 fully saturated rings. The van der Waals surface area contributed by atoms with Crippen LogP contribution in [0.5, 0.6) is 5.75 Å². The number of nitrogens with one attached hydrogen (secondary N) is 1. The van der Waals surface area contributed by atoms with Gasteiger partial charge in [-0.25, -0.2) is 0 Å². The lowest BCUT2D eigenvalue weighted by Crippen LogP contribution is -2.06. The molecule has 0 amide bonds. The first-order valence-corrected chi connectivity index (χ1v) is 6.61. The summed E-state index contributed by atoms with van der Waals surface area (Å²) in [5.41, 5.74) is 1.97. The number of benzene rings is 1. The molecule has 0 radical (unpaired) electrons. The zero-order valence-electron chi connectivity index (χ0n) is 10.5. The van der Waals surface area contributed by atoms with Crippen LogP contribution in [0, 0.1) is 0 Å². The third kappa shape index (κ3) is 4.10. The predicted octanol–water partition coefficient (Wildman–Crippen LogP) is 3.69. The molecule has 5 heteroatoms. The molecule has 100 valence electrons. The van der Waals surface area contributed by atoms with E-state index in [1.54, 1.807) is 18.2 Å². The van der Waals surface area contributed by atoms with Gasteiger partial charge in [-0.1, -0.05) is 29.3 Å². The van der Waals surface area contributed by atoms with Crippen LogP contribution >= 0.6 is 23.2 Å². The van der Waals surface area contributed by atoms with Gasteiger partial charge in [0.1, 0.15) is 12.4 Å². The molecule has 3 nitrogen and oxygen atoms in total. The van der Waals surface area contributed by atoms with Crippen LogP contribution in [-0.4, -0.2) is 12.0 Å². The summed E-state index contributed by atoms with van der Waals surface area (Å²) in [6.07, 6.45) is 1.83. The number of hydrogen-bond acceptors (Lipinski definition) is 3. The van der Waals surface area contributed by atoms with Crippen LogP contribution in [0.4, 0.5) is 0 Å². The average molecular weight is 297 g/mol. The number of aromatic nitrogens is 1. The van der Waals surface area contributed by atoms with Gasteiger partial charge >= 0.3 is 0 Å². The molecule has 1 aromatic heterocycles. The number of pyridine rings is 1. The molecule has 0 bridgehead atoms. The summed E-state index contributed by atoms with van der Waals surface area (Å²) < 4.78 is 5.61. The second-order valence-corrected chi connectivity index (χ2v) is 4.90. The summed E-state index contributed by atoms with van der Waals surface area (Å²) in [5, 5.41) is 4.20. The lowest BCUT2D eigenvalue weighted by Gasteiger charge is -2.08. The van der Waals surface area contributed by atoms with Crippen LogP contribution in [-0.2, 0) is 13.2 Å². The minimum Gasteiger partial charge on any atom is -0.486 e. The second kappa shape index (κ2) is 6.75. The molecule has 2 aromatic rings. The highest BCUT2D eigenvalue weighted by Gasteiger charge is 2.03. The fraction of sp³-hybridized carbons (Fsp3) is 0.214. The Morgan fingerprint density at radius 2 is 2.05 bits per heavy atom. The molecule has 2 rings (SSSR count). The molecule has 0 atom stereocenters. The first kappa shape index (κ1) is 14.1. The van der Waals surface area contributed by atoms with Crippen molar-refractivity contribution in [3.63, 3.8) is 0 Å². The van der Waals surface area contributed by atoms with Crippen LogP contribution in [0.3, 0.4) is 0 Å². The van der Waals surface area contributed by atoms with E-state index in [-0.39, 0.29) is 0 Å². The number of ether oxygens (including phenoxy) is 1. The van der Waals surface area contributed by atoms with Gasteiger partial charge in [0.2, 0.25) is 0 Å². The highest BCUT2D eigenvalue weighted by atomic mass is 35.5. The molecular formula is C14H14Cl2N2O. The van der Waals surface area contributed by atoms with Crippen molar-refractivity contribution in [2.75, 3.05) is 7.05 Å². The second-order valence-electron chi connectivity index (χ2n) is 4.05. The maximum atomic E-state index is 6.02. The summed E-state index contributed by atoms with van der Waals surface area (Å²) in [7, 11) is 1.90. The van der Waals surface area contributed by atoms with Crippen molar-refractivity contribution in [3.8, 4) is 5.75 Å². The molecule has 0 spiro atoms. The highest BCUT2D eigenvalue weighted by Crippen LogP contribution is 2.28. The van der Waals surface area contributed by atoms with Crippen LogP contribution in [0.1, 0.15) is 11.3 Å². The van der Waals surface area contributed by atoms with Crippen LogP contribution < -0.4 is 10.1 Å². The molecule has 0 aliphatic rings. The maximum Gasteiger partial charge on any atom is 0.139 e. The normalized spacial score (nSPS) is 10.5. The first-order valence-electron chi connectivity index (χ1n) is 5.85. The minimum atomic E-state index is 0.361. The molecule has 1 aromatic carbocycles. The van der Waals surface area contributed by atoms with Gasteiger partial charge in [0, 0.05) is 23.8 Å². The summed E-state index contributed by atoms with van der Waals surface area (Å²) in [5.74, 6) is 0.565. The van der Waals surface area contributed by atoms with E-state index >= 15 is 0 Å². The smallest absolute Gasteiger partial charge is 0.139 e. The third-order valence-electron chi connectivity index (χ3n) is 2.54. The molecule has 19 heavy (non-hydrogen) atoms. The molecular weight excluding hydrogens is 283 g/mol. The van der Waals surface area contributed by atoms with Gasteiger partial charge in [-0.15, -0.1) is 0 Å². The Labute approximate surface area is 122 Å². The van der Waals surface area contributed by atoms with Gasteiger partial charge < -0.3 is 10.1 Å².